The zero-order valence-corrected chi connectivity index (χ0v) is 24.2. The van der Waals surface area contributed by atoms with E-state index in [4.69, 9.17) is 21.1 Å². The van der Waals surface area contributed by atoms with Gasteiger partial charge in [-0.2, -0.15) is 0 Å². The van der Waals surface area contributed by atoms with Crippen LogP contribution in [0.15, 0.2) is 42.6 Å². The summed E-state index contributed by atoms with van der Waals surface area (Å²) in [4.78, 5) is 25.4. The molecule has 1 saturated heterocycles. The smallest absolute Gasteiger partial charge is 0.418 e. The number of ether oxygens (including phenoxy) is 2. The SMILES string of the molecule is Cc1cc(Cl)c(C[C@@H]2CCNC[C@H]2c2ccc(C(=O)OC(C)(C)C)cc2)c2ccn(C(=O)OC(C)(C)C)c12. The second-order valence-electron chi connectivity index (χ2n) is 12.3. The Morgan fingerprint density at radius 1 is 1.03 bits per heavy atom. The molecule has 0 spiro atoms. The Labute approximate surface area is 230 Å². The third-order valence-electron chi connectivity index (χ3n) is 6.87. The third kappa shape index (κ3) is 6.41. The van der Waals surface area contributed by atoms with Gasteiger partial charge in [0.05, 0.1) is 11.1 Å². The number of esters is 1. The number of carbonyl (C=O) groups excluding carboxylic acids is 2. The first-order chi connectivity index (χ1) is 17.7. The standard InChI is InChI=1S/C31H39ClN2O4/c1-19-16-26(32)24(23-13-15-34(27(19)23)29(36)38-31(5,6)7)17-22-12-14-33-18-25(22)20-8-10-21(11-9-20)28(35)37-30(2,3)4/h8-11,13,15-16,22,25,33H,12,14,17-18H2,1-7H3/t22-,25-/m0/s1. The topological polar surface area (TPSA) is 69.6 Å². The Bertz CT molecular complexity index is 1330. The number of nitrogens with one attached hydrogen (secondary N) is 1. The number of nitrogens with zero attached hydrogens (tertiary/aromatic N) is 1. The molecule has 0 saturated carbocycles. The van der Waals surface area contributed by atoms with Crippen LogP contribution >= 0.6 is 11.6 Å². The van der Waals surface area contributed by atoms with Crippen LogP contribution in [0.5, 0.6) is 0 Å². The van der Waals surface area contributed by atoms with E-state index in [2.05, 4.69) is 5.32 Å². The van der Waals surface area contributed by atoms with Gasteiger partial charge in [-0.25, -0.2) is 9.59 Å². The quantitative estimate of drug-likeness (QED) is 0.353. The first kappa shape index (κ1) is 28.2. The molecule has 1 fully saturated rings. The average Bonchev–Trinajstić information content (AvgIpc) is 3.26. The van der Waals surface area contributed by atoms with Crippen LogP contribution in [0.3, 0.4) is 0 Å². The molecular formula is C31H39ClN2O4. The van der Waals surface area contributed by atoms with Crippen molar-refractivity contribution in [3.63, 3.8) is 0 Å². The van der Waals surface area contributed by atoms with Crippen LogP contribution in [0.1, 0.15) is 80.9 Å². The summed E-state index contributed by atoms with van der Waals surface area (Å²) in [7, 11) is 0. The molecule has 1 aromatic heterocycles. The predicted molar refractivity (Wildman–Crippen MR) is 152 cm³/mol. The summed E-state index contributed by atoms with van der Waals surface area (Å²) < 4.78 is 12.7. The molecule has 7 heteroatoms. The number of benzene rings is 2. The van der Waals surface area contributed by atoms with E-state index in [0.717, 1.165) is 53.0 Å². The number of hydrogen-bond acceptors (Lipinski definition) is 5. The van der Waals surface area contributed by atoms with Crippen LogP contribution in [0.2, 0.25) is 5.02 Å². The summed E-state index contributed by atoms with van der Waals surface area (Å²) in [5.74, 6) is 0.291. The van der Waals surface area contributed by atoms with Gasteiger partial charge < -0.3 is 14.8 Å². The van der Waals surface area contributed by atoms with Gasteiger partial charge in [-0.3, -0.25) is 4.57 Å². The Balaban J connectivity index is 1.62. The Kier molecular flexibility index (Phi) is 7.96. The molecule has 38 heavy (non-hydrogen) atoms. The fraction of sp³-hybridized carbons (Fsp3) is 0.484. The van der Waals surface area contributed by atoms with Crippen molar-refractivity contribution in [2.75, 3.05) is 13.1 Å². The van der Waals surface area contributed by atoms with E-state index >= 15 is 0 Å². The minimum absolute atomic E-state index is 0.261. The van der Waals surface area contributed by atoms with Crippen molar-refractivity contribution in [1.29, 1.82) is 0 Å². The van der Waals surface area contributed by atoms with Crippen LogP contribution in [-0.2, 0) is 15.9 Å². The number of carbonyl (C=O) groups is 2. The Morgan fingerprint density at radius 3 is 2.32 bits per heavy atom. The molecule has 3 aromatic rings. The molecule has 6 nitrogen and oxygen atoms in total. The van der Waals surface area contributed by atoms with Crippen molar-refractivity contribution < 1.29 is 19.1 Å². The summed E-state index contributed by atoms with van der Waals surface area (Å²) in [6, 6.07) is 11.7. The molecule has 0 aliphatic carbocycles. The molecule has 0 unspecified atom stereocenters. The molecule has 0 bridgehead atoms. The van der Waals surface area contributed by atoms with E-state index in [0.29, 0.717) is 11.5 Å². The number of hydrogen-bond donors (Lipinski definition) is 1. The fourth-order valence-corrected chi connectivity index (χ4v) is 5.58. The monoisotopic (exact) mass is 538 g/mol. The van der Waals surface area contributed by atoms with E-state index < -0.39 is 17.3 Å². The van der Waals surface area contributed by atoms with Crippen LogP contribution in [0.4, 0.5) is 4.79 Å². The first-order valence-corrected chi connectivity index (χ1v) is 13.7. The lowest BCUT2D eigenvalue weighted by molar-refractivity contribution is 0.00692. The highest BCUT2D eigenvalue weighted by Gasteiger charge is 2.29. The van der Waals surface area contributed by atoms with Crippen LogP contribution in [0.25, 0.3) is 10.9 Å². The van der Waals surface area contributed by atoms with Gasteiger partial charge in [-0.15, -0.1) is 0 Å². The van der Waals surface area contributed by atoms with Gasteiger partial charge in [-0.05, 0) is 121 Å². The minimum atomic E-state index is -0.585. The molecule has 0 amide bonds. The maximum Gasteiger partial charge on any atom is 0.418 e. The summed E-state index contributed by atoms with van der Waals surface area (Å²) in [6.45, 7) is 14.9. The molecule has 0 radical (unpaired) electrons. The van der Waals surface area contributed by atoms with E-state index in [-0.39, 0.29) is 11.9 Å². The molecule has 2 atom stereocenters. The summed E-state index contributed by atoms with van der Waals surface area (Å²) in [5.41, 5.74) is 3.44. The second-order valence-corrected chi connectivity index (χ2v) is 12.7. The summed E-state index contributed by atoms with van der Waals surface area (Å²) in [6.07, 6.45) is 3.17. The third-order valence-corrected chi connectivity index (χ3v) is 7.21. The van der Waals surface area contributed by atoms with Gasteiger partial charge in [0, 0.05) is 23.2 Å². The molecule has 2 heterocycles. The van der Waals surface area contributed by atoms with E-state index in [1.54, 1.807) is 10.8 Å². The molecule has 1 aliphatic rings. The highest BCUT2D eigenvalue weighted by Crippen LogP contribution is 2.38. The largest absolute Gasteiger partial charge is 0.456 e. The lowest BCUT2D eigenvalue weighted by atomic mass is 9.77. The molecular weight excluding hydrogens is 500 g/mol. The van der Waals surface area contributed by atoms with Gasteiger partial charge in [0.2, 0.25) is 0 Å². The number of aryl methyl sites for hydroxylation is 1. The van der Waals surface area contributed by atoms with Gasteiger partial charge in [0.1, 0.15) is 11.2 Å². The molecule has 4 rings (SSSR count). The second kappa shape index (κ2) is 10.7. The lowest BCUT2D eigenvalue weighted by Gasteiger charge is -2.33. The van der Waals surface area contributed by atoms with Gasteiger partial charge >= 0.3 is 12.1 Å². The minimum Gasteiger partial charge on any atom is -0.456 e. The van der Waals surface area contributed by atoms with Crippen molar-refractivity contribution in [2.24, 2.45) is 5.92 Å². The van der Waals surface area contributed by atoms with E-state index in [9.17, 15) is 9.59 Å². The van der Waals surface area contributed by atoms with Crippen molar-refractivity contribution in [1.82, 2.24) is 9.88 Å². The van der Waals surface area contributed by atoms with E-state index in [1.807, 2.05) is 84.9 Å². The van der Waals surface area contributed by atoms with Crippen LogP contribution < -0.4 is 5.32 Å². The summed E-state index contributed by atoms with van der Waals surface area (Å²) >= 11 is 6.83. The Morgan fingerprint density at radius 2 is 1.68 bits per heavy atom. The fourth-order valence-electron chi connectivity index (χ4n) is 5.24. The van der Waals surface area contributed by atoms with Gasteiger partial charge in [0.25, 0.3) is 0 Å². The zero-order valence-electron chi connectivity index (χ0n) is 23.5. The maximum absolute atomic E-state index is 12.9. The highest BCUT2D eigenvalue weighted by atomic mass is 35.5. The lowest BCUT2D eigenvalue weighted by Crippen LogP contribution is -2.36. The first-order valence-electron chi connectivity index (χ1n) is 13.3. The van der Waals surface area contributed by atoms with Crippen molar-refractivity contribution in [3.05, 3.63) is 69.9 Å². The average molecular weight is 539 g/mol. The zero-order chi connectivity index (χ0) is 27.8. The highest BCUT2D eigenvalue weighted by molar-refractivity contribution is 6.32. The molecule has 1 aliphatic heterocycles. The molecule has 2 aromatic carbocycles. The number of halogens is 1. The predicted octanol–water partition coefficient (Wildman–Crippen LogP) is 7.28. The molecule has 1 N–H and O–H groups in total. The number of fused-ring (bicyclic) bond motifs is 1. The van der Waals surface area contributed by atoms with E-state index in [1.165, 1.54) is 5.56 Å². The normalized spacial score (nSPS) is 18.4. The van der Waals surface area contributed by atoms with Crippen LogP contribution in [-0.4, -0.2) is 40.9 Å². The van der Waals surface area contributed by atoms with Crippen molar-refractivity contribution >= 4 is 34.6 Å². The maximum atomic E-state index is 12.9. The number of piperidine rings is 1. The van der Waals surface area contributed by atoms with Gasteiger partial charge in [0.15, 0.2) is 0 Å². The van der Waals surface area contributed by atoms with Crippen LogP contribution in [0, 0.1) is 12.8 Å². The summed E-state index contributed by atoms with van der Waals surface area (Å²) in [5, 5.41) is 5.23. The van der Waals surface area contributed by atoms with Crippen molar-refractivity contribution in [2.45, 2.75) is 78.4 Å². The Hall–Kier alpha value is -2.83. The number of rotatable bonds is 4. The van der Waals surface area contributed by atoms with Crippen molar-refractivity contribution in [3.8, 4) is 0 Å². The number of aromatic nitrogens is 1. The van der Waals surface area contributed by atoms with Gasteiger partial charge in [-0.1, -0.05) is 23.7 Å². The molecule has 204 valence electrons.